The van der Waals surface area contributed by atoms with Crippen molar-refractivity contribution in [2.75, 3.05) is 6.54 Å². The Kier molecular flexibility index (Phi) is 7.37. The van der Waals surface area contributed by atoms with Crippen LogP contribution in [0.1, 0.15) is 57.6 Å². The minimum Gasteiger partial charge on any atom is -0.335 e. The van der Waals surface area contributed by atoms with Gasteiger partial charge in [0.1, 0.15) is 5.82 Å². The Morgan fingerprint density at radius 1 is 1.12 bits per heavy atom. The van der Waals surface area contributed by atoms with Crippen molar-refractivity contribution in [3.63, 3.8) is 0 Å². The highest BCUT2D eigenvalue weighted by atomic mass is 19.1. The molecule has 1 aromatic rings. The predicted octanol–water partition coefficient (Wildman–Crippen LogP) is 3.27. The number of amides is 3. The summed E-state index contributed by atoms with van der Waals surface area (Å²) in [4.78, 5) is 23.9. The van der Waals surface area contributed by atoms with E-state index in [4.69, 9.17) is 0 Å². The number of halogens is 1. The van der Waals surface area contributed by atoms with Crippen LogP contribution in [0.25, 0.3) is 0 Å². The Morgan fingerprint density at radius 3 is 2.36 bits per heavy atom. The Hall–Kier alpha value is -1.95. The lowest BCUT2D eigenvalue weighted by Crippen LogP contribution is -2.47. The molecule has 6 heteroatoms. The van der Waals surface area contributed by atoms with E-state index in [1.807, 2.05) is 13.8 Å². The third kappa shape index (κ3) is 6.46. The molecular formula is C19H28FN3O2. The zero-order valence-electron chi connectivity index (χ0n) is 15.0. The number of hydrogen-bond donors (Lipinski definition) is 3. The summed E-state index contributed by atoms with van der Waals surface area (Å²) in [5.41, 5.74) is 0.913. The van der Waals surface area contributed by atoms with Crippen molar-refractivity contribution in [1.82, 2.24) is 16.0 Å². The average molecular weight is 349 g/mol. The molecule has 0 saturated heterocycles. The van der Waals surface area contributed by atoms with Gasteiger partial charge in [0.15, 0.2) is 0 Å². The fraction of sp³-hybridized carbons (Fsp3) is 0.579. The Balaban J connectivity index is 1.80. The van der Waals surface area contributed by atoms with Gasteiger partial charge in [0, 0.05) is 12.1 Å². The van der Waals surface area contributed by atoms with Crippen LogP contribution in [0, 0.1) is 11.7 Å². The number of carbonyl (C=O) groups is 2. The third-order valence-electron chi connectivity index (χ3n) is 4.57. The standard InChI is InChI=1S/C19H28FN3O2/c1-13(2)18(14-8-10-15(20)11-9-14)21-12-17(24)23-19(25)22-16-6-4-3-5-7-16/h8-11,13,16,18,21H,3-7,12H2,1-2H3,(H2,22,23,24,25)/t18-/m1/s1. The molecule has 1 aromatic carbocycles. The maximum absolute atomic E-state index is 13.1. The Morgan fingerprint density at radius 2 is 1.76 bits per heavy atom. The first-order valence-electron chi connectivity index (χ1n) is 9.05. The normalized spacial score (nSPS) is 16.5. The second-order valence-electron chi connectivity index (χ2n) is 7.01. The molecule has 0 unspecified atom stereocenters. The first-order chi connectivity index (χ1) is 12.0. The molecule has 2 rings (SSSR count). The van der Waals surface area contributed by atoms with Crippen LogP contribution in [0.2, 0.25) is 0 Å². The summed E-state index contributed by atoms with van der Waals surface area (Å²) < 4.78 is 13.1. The van der Waals surface area contributed by atoms with E-state index in [9.17, 15) is 14.0 Å². The maximum atomic E-state index is 13.1. The maximum Gasteiger partial charge on any atom is 0.321 e. The van der Waals surface area contributed by atoms with E-state index in [2.05, 4.69) is 16.0 Å². The van der Waals surface area contributed by atoms with Crippen LogP contribution in [0.3, 0.4) is 0 Å². The zero-order valence-corrected chi connectivity index (χ0v) is 15.0. The number of nitrogens with one attached hydrogen (secondary N) is 3. The van der Waals surface area contributed by atoms with Crippen molar-refractivity contribution in [1.29, 1.82) is 0 Å². The van der Waals surface area contributed by atoms with Gasteiger partial charge < -0.3 is 10.6 Å². The van der Waals surface area contributed by atoms with Crippen molar-refractivity contribution in [3.8, 4) is 0 Å². The highest BCUT2D eigenvalue weighted by molar-refractivity contribution is 5.95. The molecule has 0 heterocycles. The van der Waals surface area contributed by atoms with Gasteiger partial charge in [-0.3, -0.25) is 10.1 Å². The lowest BCUT2D eigenvalue weighted by atomic mass is 9.96. The second-order valence-corrected chi connectivity index (χ2v) is 7.01. The predicted molar refractivity (Wildman–Crippen MR) is 95.5 cm³/mol. The van der Waals surface area contributed by atoms with Crippen molar-refractivity contribution in [3.05, 3.63) is 35.6 Å². The summed E-state index contributed by atoms with van der Waals surface area (Å²) in [6.07, 6.45) is 5.39. The number of rotatable bonds is 6. The fourth-order valence-electron chi connectivity index (χ4n) is 3.25. The van der Waals surface area contributed by atoms with Crippen LogP contribution in [0.4, 0.5) is 9.18 Å². The molecule has 25 heavy (non-hydrogen) atoms. The van der Waals surface area contributed by atoms with E-state index in [-0.39, 0.29) is 36.3 Å². The molecule has 3 N–H and O–H groups in total. The van der Waals surface area contributed by atoms with E-state index in [0.29, 0.717) is 0 Å². The van der Waals surface area contributed by atoms with Gasteiger partial charge in [0.2, 0.25) is 5.91 Å². The van der Waals surface area contributed by atoms with Crippen molar-refractivity contribution < 1.29 is 14.0 Å². The van der Waals surface area contributed by atoms with Gasteiger partial charge >= 0.3 is 6.03 Å². The van der Waals surface area contributed by atoms with E-state index in [0.717, 1.165) is 31.2 Å². The number of urea groups is 1. The molecule has 1 saturated carbocycles. The number of hydrogen-bond acceptors (Lipinski definition) is 3. The molecule has 0 bridgehead atoms. The number of imide groups is 1. The monoisotopic (exact) mass is 349 g/mol. The van der Waals surface area contributed by atoms with E-state index < -0.39 is 6.03 Å². The minimum absolute atomic E-state index is 0.0261. The van der Waals surface area contributed by atoms with E-state index >= 15 is 0 Å². The highest BCUT2D eigenvalue weighted by Gasteiger charge is 2.19. The quantitative estimate of drug-likeness (QED) is 0.738. The van der Waals surface area contributed by atoms with Gasteiger partial charge in [-0.2, -0.15) is 0 Å². The molecule has 0 spiro atoms. The third-order valence-corrected chi connectivity index (χ3v) is 4.57. The molecule has 1 fully saturated rings. The second kappa shape index (κ2) is 9.51. The summed E-state index contributed by atoms with van der Waals surface area (Å²) in [7, 11) is 0. The van der Waals surface area contributed by atoms with Crippen molar-refractivity contribution >= 4 is 11.9 Å². The molecule has 0 aromatic heterocycles. The minimum atomic E-state index is -0.429. The first kappa shape index (κ1) is 19.4. The molecule has 1 atom stereocenters. The van der Waals surface area contributed by atoms with Crippen molar-refractivity contribution in [2.24, 2.45) is 5.92 Å². The van der Waals surface area contributed by atoms with Gasteiger partial charge in [0.25, 0.3) is 0 Å². The van der Waals surface area contributed by atoms with Crippen LogP contribution >= 0.6 is 0 Å². The number of benzene rings is 1. The largest absolute Gasteiger partial charge is 0.335 e. The fourth-order valence-corrected chi connectivity index (χ4v) is 3.25. The Bertz CT molecular complexity index is 569. The summed E-state index contributed by atoms with van der Waals surface area (Å²) in [5, 5.41) is 8.38. The van der Waals surface area contributed by atoms with E-state index in [1.165, 1.54) is 18.6 Å². The highest BCUT2D eigenvalue weighted by Crippen LogP contribution is 2.21. The summed E-state index contributed by atoms with van der Waals surface area (Å²) in [5.74, 6) is -0.446. The van der Waals surface area contributed by atoms with Crippen LogP contribution in [0.5, 0.6) is 0 Å². The van der Waals surface area contributed by atoms with E-state index in [1.54, 1.807) is 12.1 Å². The number of carbonyl (C=O) groups excluding carboxylic acids is 2. The molecule has 1 aliphatic carbocycles. The zero-order chi connectivity index (χ0) is 18.2. The van der Waals surface area contributed by atoms with Gasteiger partial charge in [-0.05, 0) is 36.5 Å². The molecule has 1 aliphatic rings. The van der Waals surface area contributed by atoms with Crippen LogP contribution in [-0.4, -0.2) is 24.5 Å². The molecule has 3 amide bonds. The Labute approximate surface area is 148 Å². The van der Waals surface area contributed by atoms with Crippen LogP contribution in [-0.2, 0) is 4.79 Å². The van der Waals surface area contributed by atoms with Crippen LogP contribution in [0.15, 0.2) is 24.3 Å². The average Bonchev–Trinajstić information content (AvgIpc) is 2.57. The summed E-state index contributed by atoms with van der Waals surface area (Å²) in [6.45, 7) is 4.07. The summed E-state index contributed by atoms with van der Waals surface area (Å²) in [6, 6.07) is 5.88. The topological polar surface area (TPSA) is 70.2 Å². The summed E-state index contributed by atoms with van der Waals surface area (Å²) >= 11 is 0. The van der Waals surface area contributed by atoms with Crippen molar-refractivity contribution in [2.45, 2.75) is 58.0 Å². The van der Waals surface area contributed by atoms with Gasteiger partial charge in [-0.25, -0.2) is 9.18 Å². The SMILES string of the molecule is CC(C)[C@@H](NCC(=O)NC(=O)NC1CCCCC1)c1ccc(F)cc1. The molecule has 0 aliphatic heterocycles. The lowest BCUT2D eigenvalue weighted by Gasteiger charge is -2.24. The molecular weight excluding hydrogens is 321 g/mol. The molecule has 5 nitrogen and oxygen atoms in total. The van der Waals surface area contributed by atoms with Crippen LogP contribution < -0.4 is 16.0 Å². The smallest absolute Gasteiger partial charge is 0.321 e. The lowest BCUT2D eigenvalue weighted by molar-refractivity contribution is -0.119. The molecule has 138 valence electrons. The van der Waals surface area contributed by atoms with Gasteiger partial charge in [-0.1, -0.05) is 45.2 Å². The van der Waals surface area contributed by atoms with Gasteiger partial charge in [-0.15, -0.1) is 0 Å². The molecule has 0 radical (unpaired) electrons. The first-order valence-corrected chi connectivity index (χ1v) is 9.05. The van der Waals surface area contributed by atoms with Gasteiger partial charge in [0.05, 0.1) is 6.54 Å².